The number of ether oxygens (including phenoxy) is 1. The molecule has 0 aliphatic heterocycles. The van der Waals surface area contributed by atoms with Gasteiger partial charge < -0.3 is 15.0 Å². The minimum absolute atomic E-state index is 0.184. The van der Waals surface area contributed by atoms with Crippen LogP contribution in [0.3, 0.4) is 0 Å². The molecule has 2 aromatic rings. The molecule has 2 aromatic carbocycles. The number of hydrogen-bond donors (Lipinski definition) is 1. The van der Waals surface area contributed by atoms with Gasteiger partial charge in [-0.25, -0.2) is 4.39 Å². The van der Waals surface area contributed by atoms with Crippen molar-refractivity contribution in [3.05, 3.63) is 64.9 Å². The van der Waals surface area contributed by atoms with Crippen LogP contribution in [0.25, 0.3) is 0 Å². The lowest BCUT2D eigenvalue weighted by molar-refractivity contribution is -0.143. The summed E-state index contributed by atoms with van der Waals surface area (Å²) < 4.78 is 18.6. The summed E-state index contributed by atoms with van der Waals surface area (Å²) in [5.41, 5.74) is 0.742. The summed E-state index contributed by atoms with van der Waals surface area (Å²) in [7, 11) is 0. The van der Waals surface area contributed by atoms with Crippen molar-refractivity contribution >= 4 is 23.4 Å². The maximum absolute atomic E-state index is 13.0. The van der Waals surface area contributed by atoms with E-state index in [-0.39, 0.29) is 30.8 Å². The highest BCUT2D eigenvalue weighted by Crippen LogP contribution is 2.20. The summed E-state index contributed by atoms with van der Waals surface area (Å²) in [5, 5.41) is 3.37. The van der Waals surface area contributed by atoms with E-state index in [2.05, 4.69) is 5.32 Å². The zero-order valence-electron chi connectivity index (χ0n) is 16.7. The standard InChI is InChI=1S/C22H26ClFN2O3/c1-3-13-25-22(28)20(4-2)26(14-16-7-5-6-8-19(16)23)21(27)15-29-18-11-9-17(24)10-12-18/h5-12,20H,3-4,13-15H2,1-2H3,(H,25,28)/t20-/m1/s1. The third-order valence-corrected chi connectivity index (χ3v) is 4.78. The molecule has 0 saturated carbocycles. The van der Waals surface area contributed by atoms with Crippen molar-refractivity contribution < 1.29 is 18.7 Å². The van der Waals surface area contributed by atoms with E-state index in [9.17, 15) is 14.0 Å². The molecule has 0 heterocycles. The molecule has 7 heteroatoms. The number of carbonyl (C=O) groups excluding carboxylic acids is 2. The van der Waals surface area contributed by atoms with Gasteiger partial charge in [-0.15, -0.1) is 0 Å². The first-order valence-corrected chi connectivity index (χ1v) is 10.0. The zero-order chi connectivity index (χ0) is 21.2. The molecule has 0 aliphatic rings. The van der Waals surface area contributed by atoms with Crippen LogP contribution in [0.2, 0.25) is 5.02 Å². The first kappa shape index (κ1) is 22.7. The predicted octanol–water partition coefficient (Wildman–Crippen LogP) is 4.19. The molecule has 29 heavy (non-hydrogen) atoms. The summed E-state index contributed by atoms with van der Waals surface area (Å²) in [6.45, 7) is 4.26. The highest BCUT2D eigenvalue weighted by atomic mass is 35.5. The van der Waals surface area contributed by atoms with Gasteiger partial charge in [0.1, 0.15) is 17.6 Å². The number of halogens is 2. The van der Waals surface area contributed by atoms with Crippen LogP contribution in [0.15, 0.2) is 48.5 Å². The SMILES string of the molecule is CCCNC(=O)[C@@H](CC)N(Cc1ccccc1Cl)C(=O)COc1ccc(F)cc1. The monoisotopic (exact) mass is 420 g/mol. The Morgan fingerprint density at radius 3 is 2.45 bits per heavy atom. The number of hydrogen-bond acceptors (Lipinski definition) is 3. The second kappa shape index (κ2) is 11.4. The van der Waals surface area contributed by atoms with Crippen molar-refractivity contribution in [2.24, 2.45) is 0 Å². The first-order chi connectivity index (χ1) is 14.0. The average Bonchev–Trinajstić information content (AvgIpc) is 2.72. The Bertz CT molecular complexity index is 814. The van der Waals surface area contributed by atoms with E-state index >= 15 is 0 Å². The van der Waals surface area contributed by atoms with Crippen molar-refractivity contribution in [1.29, 1.82) is 0 Å². The van der Waals surface area contributed by atoms with Crippen LogP contribution in [0.1, 0.15) is 32.3 Å². The Morgan fingerprint density at radius 2 is 1.83 bits per heavy atom. The van der Waals surface area contributed by atoms with Gasteiger partial charge in [-0.2, -0.15) is 0 Å². The molecule has 2 rings (SSSR count). The van der Waals surface area contributed by atoms with Gasteiger partial charge in [-0.1, -0.05) is 43.6 Å². The van der Waals surface area contributed by atoms with Crippen LogP contribution >= 0.6 is 11.6 Å². The molecule has 2 amide bonds. The summed E-state index contributed by atoms with van der Waals surface area (Å²) in [6.07, 6.45) is 1.25. The smallest absolute Gasteiger partial charge is 0.261 e. The van der Waals surface area contributed by atoms with Crippen LogP contribution in [0, 0.1) is 5.82 Å². The maximum Gasteiger partial charge on any atom is 0.261 e. The predicted molar refractivity (Wildman–Crippen MR) is 111 cm³/mol. The summed E-state index contributed by atoms with van der Waals surface area (Å²) in [5.74, 6) is -0.576. The van der Waals surface area contributed by atoms with Gasteiger partial charge in [-0.05, 0) is 48.7 Å². The van der Waals surface area contributed by atoms with Crippen LogP contribution in [0.5, 0.6) is 5.75 Å². The van der Waals surface area contributed by atoms with Gasteiger partial charge >= 0.3 is 0 Å². The van der Waals surface area contributed by atoms with E-state index < -0.39 is 6.04 Å². The second-order valence-electron chi connectivity index (χ2n) is 6.57. The van der Waals surface area contributed by atoms with Crippen LogP contribution in [0.4, 0.5) is 4.39 Å². The Balaban J connectivity index is 2.19. The first-order valence-electron chi connectivity index (χ1n) is 9.65. The number of benzene rings is 2. The van der Waals surface area contributed by atoms with E-state index in [0.717, 1.165) is 12.0 Å². The second-order valence-corrected chi connectivity index (χ2v) is 6.98. The van der Waals surface area contributed by atoms with Gasteiger partial charge in [0, 0.05) is 18.1 Å². The Labute approximate surface area is 175 Å². The molecule has 5 nitrogen and oxygen atoms in total. The zero-order valence-corrected chi connectivity index (χ0v) is 17.4. The molecule has 0 bridgehead atoms. The minimum atomic E-state index is -0.651. The molecule has 156 valence electrons. The van der Waals surface area contributed by atoms with Crippen LogP contribution in [-0.2, 0) is 16.1 Å². The molecular weight excluding hydrogens is 395 g/mol. The molecule has 0 unspecified atom stereocenters. The quantitative estimate of drug-likeness (QED) is 0.627. The van der Waals surface area contributed by atoms with E-state index in [0.29, 0.717) is 23.7 Å². The van der Waals surface area contributed by atoms with E-state index in [4.69, 9.17) is 16.3 Å². The fourth-order valence-electron chi connectivity index (χ4n) is 2.85. The van der Waals surface area contributed by atoms with E-state index in [1.165, 1.54) is 29.2 Å². The van der Waals surface area contributed by atoms with Gasteiger partial charge in [0.25, 0.3) is 5.91 Å². The van der Waals surface area contributed by atoms with Crippen LogP contribution in [-0.4, -0.2) is 35.9 Å². The number of carbonyl (C=O) groups is 2. The fourth-order valence-corrected chi connectivity index (χ4v) is 3.05. The topological polar surface area (TPSA) is 58.6 Å². The van der Waals surface area contributed by atoms with Crippen molar-refractivity contribution in [3.8, 4) is 5.75 Å². The van der Waals surface area contributed by atoms with Crippen molar-refractivity contribution in [3.63, 3.8) is 0 Å². The maximum atomic E-state index is 13.0. The Kier molecular flexibility index (Phi) is 8.93. The fraction of sp³-hybridized carbons (Fsp3) is 0.364. The van der Waals surface area contributed by atoms with Crippen molar-refractivity contribution in [1.82, 2.24) is 10.2 Å². The summed E-state index contributed by atoms with van der Waals surface area (Å²) in [4.78, 5) is 27.1. The molecule has 0 spiro atoms. The van der Waals surface area contributed by atoms with Crippen LogP contribution < -0.4 is 10.1 Å². The number of rotatable bonds is 10. The number of nitrogens with one attached hydrogen (secondary N) is 1. The normalized spacial score (nSPS) is 11.6. The number of nitrogens with zero attached hydrogens (tertiary/aromatic N) is 1. The lowest BCUT2D eigenvalue weighted by atomic mass is 10.1. The molecule has 0 saturated heterocycles. The summed E-state index contributed by atoms with van der Waals surface area (Å²) >= 11 is 6.27. The van der Waals surface area contributed by atoms with Gasteiger partial charge in [-0.3, -0.25) is 9.59 Å². The van der Waals surface area contributed by atoms with Gasteiger partial charge in [0.15, 0.2) is 6.61 Å². The highest BCUT2D eigenvalue weighted by Gasteiger charge is 2.29. The van der Waals surface area contributed by atoms with Crippen molar-refractivity contribution in [2.45, 2.75) is 39.3 Å². The molecular formula is C22H26ClFN2O3. The third-order valence-electron chi connectivity index (χ3n) is 4.41. The van der Waals surface area contributed by atoms with Crippen molar-refractivity contribution in [2.75, 3.05) is 13.2 Å². The molecule has 0 radical (unpaired) electrons. The minimum Gasteiger partial charge on any atom is -0.484 e. The third kappa shape index (κ3) is 6.75. The largest absolute Gasteiger partial charge is 0.484 e. The molecule has 0 aliphatic carbocycles. The molecule has 0 aromatic heterocycles. The highest BCUT2D eigenvalue weighted by molar-refractivity contribution is 6.31. The van der Waals surface area contributed by atoms with E-state index in [1.807, 2.05) is 26.0 Å². The Morgan fingerprint density at radius 1 is 1.14 bits per heavy atom. The Hall–Kier alpha value is -2.60. The molecule has 1 N–H and O–H groups in total. The van der Waals surface area contributed by atoms with Gasteiger partial charge in [0.05, 0.1) is 0 Å². The van der Waals surface area contributed by atoms with E-state index in [1.54, 1.807) is 12.1 Å². The molecule has 1 atom stereocenters. The van der Waals surface area contributed by atoms with Gasteiger partial charge in [0.2, 0.25) is 5.91 Å². The molecule has 0 fully saturated rings. The number of amides is 2. The summed E-state index contributed by atoms with van der Waals surface area (Å²) in [6, 6.07) is 12.0. The lowest BCUT2D eigenvalue weighted by Crippen LogP contribution is -2.50. The average molecular weight is 421 g/mol. The lowest BCUT2D eigenvalue weighted by Gasteiger charge is -2.30.